The number of halogens is 2. The molecule has 3 heteroatoms. The van der Waals surface area contributed by atoms with E-state index in [2.05, 4.69) is 17.0 Å². The van der Waals surface area contributed by atoms with Crippen molar-refractivity contribution in [3.05, 3.63) is 70.8 Å². The van der Waals surface area contributed by atoms with Gasteiger partial charge in [-0.1, -0.05) is 30.3 Å². The number of hydrogen-bond acceptors (Lipinski definition) is 1. The van der Waals surface area contributed by atoms with Crippen LogP contribution in [-0.4, -0.2) is 18.0 Å². The van der Waals surface area contributed by atoms with Gasteiger partial charge >= 0.3 is 0 Å². The number of nitrogens with zero attached hydrogens (tertiary/aromatic N) is 1. The molecule has 0 radical (unpaired) electrons. The normalized spacial score (nSPS) is 19.1. The quantitative estimate of drug-likeness (QED) is 0.815. The molecule has 0 N–H and O–H groups in total. The zero-order valence-corrected chi connectivity index (χ0v) is 12.2. The smallest absolute Gasteiger partial charge is 0.129 e. The summed E-state index contributed by atoms with van der Waals surface area (Å²) >= 11 is 0. The third-order valence-electron chi connectivity index (χ3n) is 4.24. The fourth-order valence-electron chi connectivity index (χ4n) is 3.06. The number of likely N-dealkylation sites (tertiary alicyclic amines) is 1. The second kappa shape index (κ2) is 5.94. The molecule has 1 aliphatic heterocycles. The third kappa shape index (κ3) is 3.13. The minimum atomic E-state index is -0.463. The highest BCUT2D eigenvalue weighted by Crippen LogP contribution is 2.31. The predicted molar refractivity (Wildman–Crippen MR) is 80.2 cm³/mol. The van der Waals surface area contributed by atoms with Crippen molar-refractivity contribution in [2.75, 3.05) is 13.1 Å². The van der Waals surface area contributed by atoms with Crippen LogP contribution in [0.1, 0.15) is 29.0 Å². The average Bonchev–Trinajstić information content (AvgIpc) is 2.92. The van der Waals surface area contributed by atoms with Gasteiger partial charge in [0.2, 0.25) is 0 Å². The predicted octanol–water partition coefficient (Wildman–Crippen LogP) is 4.26. The number of rotatable bonds is 3. The topological polar surface area (TPSA) is 3.24 Å². The molecule has 0 unspecified atom stereocenters. The second-order valence-electron chi connectivity index (χ2n) is 5.83. The van der Waals surface area contributed by atoms with Gasteiger partial charge in [-0.05, 0) is 42.6 Å². The number of benzene rings is 2. The van der Waals surface area contributed by atoms with Crippen LogP contribution in [0, 0.1) is 18.6 Å². The Hall–Kier alpha value is -1.74. The summed E-state index contributed by atoms with van der Waals surface area (Å²) in [6, 6.07) is 13.0. The van der Waals surface area contributed by atoms with Gasteiger partial charge in [0.25, 0.3) is 0 Å². The highest BCUT2D eigenvalue weighted by molar-refractivity contribution is 5.29. The Morgan fingerprint density at radius 3 is 2.62 bits per heavy atom. The van der Waals surface area contributed by atoms with Crippen LogP contribution in [-0.2, 0) is 6.54 Å². The summed E-state index contributed by atoms with van der Waals surface area (Å²) in [4.78, 5) is 2.33. The Labute approximate surface area is 124 Å². The van der Waals surface area contributed by atoms with Gasteiger partial charge in [-0.15, -0.1) is 0 Å². The van der Waals surface area contributed by atoms with E-state index >= 15 is 0 Å². The van der Waals surface area contributed by atoms with Crippen LogP contribution in [0.2, 0.25) is 0 Å². The highest BCUT2D eigenvalue weighted by atomic mass is 19.1. The molecule has 0 aromatic heterocycles. The van der Waals surface area contributed by atoms with E-state index < -0.39 is 11.6 Å². The molecule has 1 saturated heterocycles. The van der Waals surface area contributed by atoms with Crippen LogP contribution in [0.25, 0.3) is 0 Å². The maximum absolute atomic E-state index is 14.0. The van der Waals surface area contributed by atoms with Crippen LogP contribution < -0.4 is 0 Å². The molecule has 1 heterocycles. The van der Waals surface area contributed by atoms with Crippen molar-refractivity contribution in [2.24, 2.45) is 0 Å². The van der Waals surface area contributed by atoms with E-state index in [1.165, 1.54) is 5.56 Å². The molecular weight excluding hydrogens is 268 g/mol. The molecule has 0 spiro atoms. The molecule has 2 aromatic rings. The maximum Gasteiger partial charge on any atom is 0.129 e. The minimum absolute atomic E-state index is 0.160. The first-order valence-corrected chi connectivity index (χ1v) is 7.35. The van der Waals surface area contributed by atoms with Crippen molar-refractivity contribution in [1.29, 1.82) is 0 Å². The first-order chi connectivity index (χ1) is 10.1. The molecule has 0 aliphatic carbocycles. The van der Waals surface area contributed by atoms with Gasteiger partial charge in [0.15, 0.2) is 0 Å². The van der Waals surface area contributed by atoms with Crippen LogP contribution in [0.4, 0.5) is 8.78 Å². The Kier molecular flexibility index (Phi) is 4.02. The fraction of sp³-hybridized carbons (Fsp3) is 0.333. The first-order valence-electron chi connectivity index (χ1n) is 7.35. The van der Waals surface area contributed by atoms with Gasteiger partial charge in [0.1, 0.15) is 11.6 Å². The summed E-state index contributed by atoms with van der Waals surface area (Å²) < 4.78 is 27.3. The monoisotopic (exact) mass is 287 g/mol. The maximum atomic E-state index is 14.0. The summed E-state index contributed by atoms with van der Waals surface area (Å²) in [7, 11) is 0. The standard InChI is InChI=1S/C18H19F2N/c1-13-9-16(18(20)10-17(13)19)15-7-8-21(12-15)11-14-5-3-2-4-6-14/h2-6,9-10,15H,7-8,11-12H2,1H3/t15-/m1/s1. The van der Waals surface area contributed by atoms with E-state index in [1.807, 2.05) is 18.2 Å². The lowest BCUT2D eigenvalue weighted by Gasteiger charge is -2.17. The first kappa shape index (κ1) is 14.2. The molecule has 0 amide bonds. The van der Waals surface area contributed by atoms with Gasteiger partial charge in [0.05, 0.1) is 0 Å². The molecule has 0 saturated carbocycles. The lowest BCUT2D eigenvalue weighted by Crippen LogP contribution is -2.19. The van der Waals surface area contributed by atoms with Crippen molar-refractivity contribution >= 4 is 0 Å². The second-order valence-corrected chi connectivity index (χ2v) is 5.83. The molecule has 3 rings (SSSR count). The van der Waals surface area contributed by atoms with Crippen molar-refractivity contribution in [3.8, 4) is 0 Å². The summed E-state index contributed by atoms with van der Waals surface area (Å²) in [6.07, 6.45) is 0.925. The molecule has 0 bridgehead atoms. The zero-order chi connectivity index (χ0) is 14.8. The van der Waals surface area contributed by atoms with Gasteiger partial charge in [-0.3, -0.25) is 4.90 Å². The summed E-state index contributed by atoms with van der Waals surface area (Å²) in [5.74, 6) is -0.715. The van der Waals surface area contributed by atoms with Crippen LogP contribution in [0.15, 0.2) is 42.5 Å². The molecule has 21 heavy (non-hydrogen) atoms. The molecule has 1 fully saturated rings. The highest BCUT2D eigenvalue weighted by Gasteiger charge is 2.26. The van der Waals surface area contributed by atoms with Crippen LogP contribution >= 0.6 is 0 Å². The van der Waals surface area contributed by atoms with Crippen molar-refractivity contribution in [3.63, 3.8) is 0 Å². The van der Waals surface area contributed by atoms with Crippen molar-refractivity contribution < 1.29 is 8.78 Å². The van der Waals surface area contributed by atoms with Crippen molar-refractivity contribution in [1.82, 2.24) is 4.90 Å². The van der Waals surface area contributed by atoms with E-state index in [-0.39, 0.29) is 5.92 Å². The summed E-state index contributed by atoms with van der Waals surface area (Å²) in [5, 5.41) is 0. The zero-order valence-electron chi connectivity index (χ0n) is 12.2. The van der Waals surface area contributed by atoms with Gasteiger partial charge < -0.3 is 0 Å². The Balaban J connectivity index is 1.71. The summed E-state index contributed by atoms with van der Waals surface area (Å²) in [6.45, 7) is 4.36. The number of hydrogen-bond donors (Lipinski definition) is 0. The Bertz CT molecular complexity index is 625. The summed E-state index contributed by atoms with van der Waals surface area (Å²) in [5.41, 5.74) is 2.45. The lowest BCUT2D eigenvalue weighted by atomic mass is 9.96. The van der Waals surface area contributed by atoms with Crippen LogP contribution in [0.3, 0.4) is 0 Å². The molecular formula is C18H19F2N. The van der Waals surface area contributed by atoms with Gasteiger partial charge in [0, 0.05) is 25.1 Å². The number of aryl methyl sites for hydroxylation is 1. The SMILES string of the molecule is Cc1cc([C@@H]2CCN(Cc3ccccc3)C2)c(F)cc1F. The third-order valence-corrected chi connectivity index (χ3v) is 4.24. The van der Waals surface area contributed by atoms with Gasteiger partial charge in [-0.25, -0.2) is 8.78 Å². The molecule has 1 atom stereocenters. The van der Waals surface area contributed by atoms with E-state index in [9.17, 15) is 8.78 Å². The average molecular weight is 287 g/mol. The Morgan fingerprint density at radius 1 is 1.10 bits per heavy atom. The van der Waals surface area contributed by atoms with E-state index in [4.69, 9.17) is 0 Å². The molecule has 1 nitrogen and oxygen atoms in total. The molecule has 1 aliphatic rings. The largest absolute Gasteiger partial charge is 0.298 e. The minimum Gasteiger partial charge on any atom is -0.298 e. The van der Waals surface area contributed by atoms with Crippen molar-refractivity contribution in [2.45, 2.75) is 25.8 Å². The van der Waals surface area contributed by atoms with E-state index in [0.29, 0.717) is 11.1 Å². The molecule has 110 valence electrons. The lowest BCUT2D eigenvalue weighted by molar-refractivity contribution is 0.326. The fourth-order valence-corrected chi connectivity index (χ4v) is 3.06. The molecule has 2 aromatic carbocycles. The van der Waals surface area contributed by atoms with Crippen LogP contribution in [0.5, 0.6) is 0 Å². The van der Waals surface area contributed by atoms with E-state index in [0.717, 1.165) is 32.1 Å². The Morgan fingerprint density at radius 2 is 1.86 bits per heavy atom. The van der Waals surface area contributed by atoms with E-state index in [1.54, 1.807) is 13.0 Å². The van der Waals surface area contributed by atoms with Gasteiger partial charge in [-0.2, -0.15) is 0 Å².